The smallest absolute Gasteiger partial charge is 0.244 e. The van der Waals surface area contributed by atoms with Gasteiger partial charge < -0.3 is 15.0 Å². The monoisotopic (exact) mass is 461 g/mol. The van der Waals surface area contributed by atoms with E-state index in [9.17, 15) is 18.0 Å². The number of carbonyl (C=O) groups is 2. The quantitative estimate of drug-likeness (QED) is 0.554. The van der Waals surface area contributed by atoms with Crippen molar-refractivity contribution in [3.8, 4) is 5.75 Å². The van der Waals surface area contributed by atoms with Gasteiger partial charge >= 0.3 is 0 Å². The minimum atomic E-state index is -3.72. The van der Waals surface area contributed by atoms with E-state index in [4.69, 9.17) is 4.74 Å². The Hall–Kier alpha value is -3.07. The molecule has 2 amide bonds. The molecule has 0 aliphatic carbocycles. The first kappa shape index (κ1) is 25.2. The van der Waals surface area contributed by atoms with Crippen LogP contribution in [0.1, 0.15) is 25.8 Å². The molecule has 1 N–H and O–H groups in total. The number of hydrogen-bond donors (Lipinski definition) is 1. The molecule has 9 heteroatoms. The highest BCUT2D eigenvalue weighted by atomic mass is 32.2. The molecule has 0 fully saturated rings. The SMILES string of the molecule is CCCNC(=O)[C@@H](C)N(Cc1ccc(OC)cc1)C(=O)CN(c1ccccc1)S(C)(=O)=O. The molecule has 0 saturated heterocycles. The molecule has 0 heterocycles. The largest absolute Gasteiger partial charge is 0.497 e. The Labute approximate surface area is 190 Å². The number of hydrogen-bond acceptors (Lipinski definition) is 5. The molecule has 0 spiro atoms. The maximum atomic E-state index is 13.3. The van der Waals surface area contributed by atoms with E-state index >= 15 is 0 Å². The Morgan fingerprint density at radius 3 is 2.22 bits per heavy atom. The standard InChI is InChI=1S/C23H31N3O5S/c1-5-15-24-23(28)18(2)25(16-19-11-13-21(31-3)14-12-19)22(27)17-26(32(4,29)30)20-9-7-6-8-10-20/h6-14,18H,5,15-17H2,1-4H3,(H,24,28)/t18-/m1/s1. The van der Waals surface area contributed by atoms with Gasteiger partial charge in [-0.1, -0.05) is 37.3 Å². The van der Waals surface area contributed by atoms with Crippen molar-refractivity contribution < 1.29 is 22.7 Å². The van der Waals surface area contributed by atoms with Crippen molar-refractivity contribution in [2.24, 2.45) is 0 Å². The maximum Gasteiger partial charge on any atom is 0.244 e. The van der Waals surface area contributed by atoms with Crippen molar-refractivity contribution in [1.82, 2.24) is 10.2 Å². The van der Waals surface area contributed by atoms with Gasteiger partial charge in [0.15, 0.2) is 0 Å². The van der Waals surface area contributed by atoms with Crippen molar-refractivity contribution in [3.05, 3.63) is 60.2 Å². The zero-order valence-corrected chi connectivity index (χ0v) is 19.8. The Morgan fingerprint density at radius 2 is 1.69 bits per heavy atom. The number of nitrogens with one attached hydrogen (secondary N) is 1. The summed E-state index contributed by atoms with van der Waals surface area (Å²) >= 11 is 0. The Kier molecular flexibility index (Phi) is 9.07. The predicted molar refractivity (Wildman–Crippen MR) is 125 cm³/mol. The Bertz CT molecular complexity index is 994. The number of sulfonamides is 1. The van der Waals surface area contributed by atoms with Crippen molar-refractivity contribution in [2.75, 3.05) is 30.8 Å². The van der Waals surface area contributed by atoms with Gasteiger partial charge in [-0.15, -0.1) is 0 Å². The van der Waals surface area contributed by atoms with Crippen molar-refractivity contribution in [1.29, 1.82) is 0 Å². The molecule has 0 unspecified atom stereocenters. The Balaban J connectivity index is 2.33. The number of ether oxygens (including phenoxy) is 1. The average molecular weight is 462 g/mol. The van der Waals surface area contributed by atoms with Crippen LogP contribution in [0.2, 0.25) is 0 Å². The zero-order chi connectivity index (χ0) is 23.7. The molecular weight excluding hydrogens is 430 g/mol. The number of nitrogens with zero attached hydrogens (tertiary/aromatic N) is 2. The van der Waals surface area contributed by atoms with Crippen LogP contribution >= 0.6 is 0 Å². The molecule has 0 aromatic heterocycles. The highest BCUT2D eigenvalue weighted by Crippen LogP contribution is 2.19. The van der Waals surface area contributed by atoms with Crippen LogP contribution < -0.4 is 14.4 Å². The van der Waals surface area contributed by atoms with E-state index < -0.39 is 28.5 Å². The van der Waals surface area contributed by atoms with Crippen LogP contribution in [-0.4, -0.2) is 57.6 Å². The number of carbonyl (C=O) groups excluding carboxylic acids is 2. The summed E-state index contributed by atoms with van der Waals surface area (Å²) in [6, 6.07) is 14.8. The first-order valence-electron chi connectivity index (χ1n) is 10.4. The minimum Gasteiger partial charge on any atom is -0.497 e. The van der Waals surface area contributed by atoms with Gasteiger partial charge in [0, 0.05) is 13.1 Å². The van der Waals surface area contributed by atoms with Crippen LogP contribution in [0.4, 0.5) is 5.69 Å². The third kappa shape index (κ3) is 6.98. The summed E-state index contributed by atoms with van der Waals surface area (Å²) in [6.07, 6.45) is 1.82. The second-order valence-electron chi connectivity index (χ2n) is 7.44. The number of benzene rings is 2. The molecule has 0 aliphatic rings. The van der Waals surface area contributed by atoms with E-state index in [0.29, 0.717) is 18.0 Å². The molecule has 2 aromatic carbocycles. The summed E-state index contributed by atoms with van der Waals surface area (Å²) in [5.41, 5.74) is 1.18. The molecule has 0 radical (unpaired) electrons. The highest BCUT2D eigenvalue weighted by molar-refractivity contribution is 7.92. The third-order valence-electron chi connectivity index (χ3n) is 4.95. The molecular formula is C23H31N3O5S. The number of methoxy groups -OCH3 is 1. The summed E-state index contributed by atoms with van der Waals surface area (Å²) in [7, 11) is -2.16. The van der Waals surface area contributed by atoms with Crippen molar-refractivity contribution in [2.45, 2.75) is 32.9 Å². The molecule has 8 nitrogen and oxygen atoms in total. The first-order valence-corrected chi connectivity index (χ1v) is 12.2. The molecule has 1 atom stereocenters. The number of anilines is 1. The van der Waals surface area contributed by atoms with Crippen molar-refractivity contribution >= 4 is 27.5 Å². The topological polar surface area (TPSA) is 96.0 Å². The highest BCUT2D eigenvalue weighted by Gasteiger charge is 2.29. The van der Waals surface area contributed by atoms with Crippen LogP contribution in [-0.2, 0) is 26.2 Å². The summed E-state index contributed by atoms with van der Waals surface area (Å²) in [5.74, 6) is -0.0961. The van der Waals surface area contributed by atoms with E-state index in [2.05, 4.69) is 5.32 Å². The lowest BCUT2D eigenvalue weighted by Crippen LogP contribution is -2.51. The van der Waals surface area contributed by atoms with Crippen LogP contribution in [0.5, 0.6) is 5.75 Å². The van der Waals surface area contributed by atoms with Crippen LogP contribution in [0.15, 0.2) is 54.6 Å². The van der Waals surface area contributed by atoms with E-state index in [0.717, 1.165) is 22.5 Å². The van der Waals surface area contributed by atoms with Crippen LogP contribution in [0, 0.1) is 0 Å². The second kappa shape index (κ2) is 11.5. The zero-order valence-electron chi connectivity index (χ0n) is 18.9. The fraction of sp³-hybridized carbons (Fsp3) is 0.391. The Morgan fingerprint density at radius 1 is 1.06 bits per heavy atom. The van der Waals surface area contributed by atoms with E-state index in [-0.39, 0.29) is 12.5 Å². The van der Waals surface area contributed by atoms with Gasteiger partial charge in [-0.05, 0) is 43.2 Å². The van der Waals surface area contributed by atoms with Crippen LogP contribution in [0.3, 0.4) is 0 Å². The first-order chi connectivity index (χ1) is 15.2. The minimum absolute atomic E-state index is 0.149. The van der Waals surface area contributed by atoms with Gasteiger partial charge in [-0.3, -0.25) is 13.9 Å². The molecule has 0 aliphatic heterocycles. The molecule has 174 valence electrons. The normalized spacial score (nSPS) is 12.0. The lowest BCUT2D eigenvalue weighted by molar-refractivity contribution is -0.139. The van der Waals surface area contributed by atoms with Gasteiger partial charge in [0.25, 0.3) is 0 Å². The summed E-state index contributed by atoms with van der Waals surface area (Å²) in [6.45, 7) is 3.81. The van der Waals surface area contributed by atoms with E-state index in [1.54, 1.807) is 68.6 Å². The van der Waals surface area contributed by atoms with Gasteiger partial charge in [-0.2, -0.15) is 0 Å². The number of para-hydroxylation sites is 1. The third-order valence-corrected chi connectivity index (χ3v) is 6.09. The number of rotatable bonds is 11. The molecule has 0 saturated carbocycles. The fourth-order valence-electron chi connectivity index (χ4n) is 3.11. The van der Waals surface area contributed by atoms with Gasteiger partial charge in [0.05, 0.1) is 19.1 Å². The molecule has 32 heavy (non-hydrogen) atoms. The molecule has 2 rings (SSSR count). The van der Waals surface area contributed by atoms with Crippen molar-refractivity contribution in [3.63, 3.8) is 0 Å². The number of amides is 2. The van der Waals surface area contributed by atoms with Gasteiger partial charge in [0.1, 0.15) is 18.3 Å². The predicted octanol–water partition coefficient (Wildman–Crippen LogP) is 2.40. The van der Waals surface area contributed by atoms with E-state index in [1.807, 2.05) is 6.92 Å². The van der Waals surface area contributed by atoms with Crippen LogP contribution in [0.25, 0.3) is 0 Å². The summed E-state index contributed by atoms with van der Waals surface area (Å²) < 4.78 is 31.1. The van der Waals surface area contributed by atoms with Gasteiger partial charge in [-0.25, -0.2) is 8.42 Å². The second-order valence-corrected chi connectivity index (χ2v) is 9.35. The van der Waals surface area contributed by atoms with Gasteiger partial charge in [0.2, 0.25) is 21.8 Å². The maximum absolute atomic E-state index is 13.3. The summed E-state index contributed by atoms with van der Waals surface area (Å²) in [4.78, 5) is 27.4. The summed E-state index contributed by atoms with van der Waals surface area (Å²) in [5, 5.41) is 2.80. The van der Waals surface area contributed by atoms with E-state index in [1.165, 1.54) is 4.90 Å². The lowest BCUT2D eigenvalue weighted by Gasteiger charge is -2.31. The molecule has 0 bridgehead atoms. The molecule has 2 aromatic rings. The fourth-order valence-corrected chi connectivity index (χ4v) is 3.96. The lowest BCUT2D eigenvalue weighted by atomic mass is 10.1. The average Bonchev–Trinajstić information content (AvgIpc) is 2.79.